The lowest BCUT2D eigenvalue weighted by molar-refractivity contribution is -0.0675. The molecule has 5 atom stereocenters. The van der Waals surface area contributed by atoms with Crippen molar-refractivity contribution >= 4 is 55.3 Å². The second kappa shape index (κ2) is 7.61. The number of nitrogen functional groups attached to an aromatic ring is 1. The molecule has 4 N–H and O–H groups in total. The van der Waals surface area contributed by atoms with Crippen molar-refractivity contribution in [3.8, 4) is 0 Å². The summed E-state index contributed by atoms with van der Waals surface area (Å²) in [5.41, 5.74) is 7.09. The highest BCUT2D eigenvalue weighted by atomic mass is 79.9. The molecular formula is C23H21BrClN5O3. The number of aromatic nitrogens is 4. The van der Waals surface area contributed by atoms with Crippen molar-refractivity contribution in [2.45, 2.75) is 43.3 Å². The summed E-state index contributed by atoms with van der Waals surface area (Å²) in [5.74, 6) is 0.489. The van der Waals surface area contributed by atoms with Crippen LogP contribution in [0.25, 0.3) is 21.9 Å². The summed E-state index contributed by atoms with van der Waals surface area (Å²) in [6.07, 6.45) is 2.68. The van der Waals surface area contributed by atoms with Crippen molar-refractivity contribution in [1.29, 1.82) is 0 Å². The maximum absolute atomic E-state index is 11.4. The number of benzene rings is 1. The van der Waals surface area contributed by atoms with Gasteiger partial charge in [-0.15, -0.1) is 0 Å². The maximum Gasteiger partial charge on any atom is 0.164 e. The largest absolute Gasteiger partial charge is 0.385 e. The van der Waals surface area contributed by atoms with Gasteiger partial charge in [0.05, 0.1) is 21.5 Å². The number of ether oxygens (including phenoxy) is 1. The van der Waals surface area contributed by atoms with E-state index in [0.29, 0.717) is 34.8 Å². The Hall–Kier alpha value is -2.30. The Kier molecular flexibility index (Phi) is 4.90. The highest BCUT2D eigenvalue weighted by Crippen LogP contribution is 2.50. The van der Waals surface area contributed by atoms with Gasteiger partial charge < -0.3 is 25.3 Å². The lowest BCUT2D eigenvalue weighted by Gasteiger charge is -2.26. The van der Waals surface area contributed by atoms with Crippen molar-refractivity contribution in [2.24, 2.45) is 5.92 Å². The molecule has 0 spiro atoms. The number of fused-ring (bicyclic) bond motifs is 3. The smallest absolute Gasteiger partial charge is 0.164 e. The minimum Gasteiger partial charge on any atom is -0.385 e. The van der Waals surface area contributed by atoms with Crippen LogP contribution in [0.15, 0.2) is 47.3 Å². The molecule has 0 bridgehead atoms. The molecule has 33 heavy (non-hydrogen) atoms. The first kappa shape index (κ1) is 21.2. The number of hydrogen-bond donors (Lipinski definition) is 3. The molecule has 0 radical (unpaired) electrons. The second-order valence-electron chi connectivity index (χ2n) is 8.89. The zero-order valence-corrected chi connectivity index (χ0v) is 19.7. The number of nitrogens with zero attached hydrogens (tertiary/aromatic N) is 4. The van der Waals surface area contributed by atoms with Crippen molar-refractivity contribution in [2.75, 3.05) is 5.73 Å². The predicted octanol–water partition coefficient (Wildman–Crippen LogP) is 3.62. The summed E-state index contributed by atoms with van der Waals surface area (Å²) in [7, 11) is 0. The highest BCUT2D eigenvalue weighted by molar-refractivity contribution is 9.10. The molecule has 4 aromatic rings. The van der Waals surface area contributed by atoms with Crippen LogP contribution < -0.4 is 5.73 Å². The average molecular weight is 531 g/mol. The third-order valence-corrected chi connectivity index (χ3v) is 7.94. The van der Waals surface area contributed by atoms with E-state index in [2.05, 4.69) is 36.9 Å². The van der Waals surface area contributed by atoms with E-state index in [0.717, 1.165) is 27.4 Å². The van der Waals surface area contributed by atoms with Crippen molar-refractivity contribution in [3.05, 3.63) is 58.0 Å². The Balaban J connectivity index is 1.29. The zero-order valence-electron chi connectivity index (χ0n) is 17.4. The number of hydrogen-bond acceptors (Lipinski definition) is 7. The Bertz CT molecular complexity index is 1400. The van der Waals surface area contributed by atoms with Crippen LogP contribution >= 0.6 is 27.5 Å². The highest BCUT2D eigenvalue weighted by Gasteiger charge is 2.61. The standard InChI is InChI=1S/C23H21BrClN5O3/c24-15-9-12-2-1-11(8-16(12)29-20(15)26)7-13-3-5-23(32)17(31)22(33-18(13)23)30-6-4-14-19(25)27-10-28-21(14)30/h1-2,4,6,8-10,13,17-18,22,31-32H,3,5,7H2,(H2,26,29)/t13-,17-,18+,22+,23-/m0/s1. The van der Waals surface area contributed by atoms with Gasteiger partial charge in [0.2, 0.25) is 0 Å². The van der Waals surface area contributed by atoms with Crippen LogP contribution in [0.1, 0.15) is 24.6 Å². The topological polar surface area (TPSA) is 119 Å². The third kappa shape index (κ3) is 3.25. The third-order valence-electron chi connectivity index (χ3n) is 7.00. The fourth-order valence-corrected chi connectivity index (χ4v) is 5.87. The van der Waals surface area contributed by atoms with E-state index in [1.165, 1.54) is 6.33 Å². The molecule has 2 fully saturated rings. The normalized spacial score (nSPS) is 29.2. The van der Waals surface area contributed by atoms with Crippen molar-refractivity contribution in [1.82, 2.24) is 19.5 Å². The van der Waals surface area contributed by atoms with Crippen LogP contribution in [-0.4, -0.2) is 47.5 Å². The minimum absolute atomic E-state index is 0.0416. The van der Waals surface area contributed by atoms with Gasteiger partial charge in [0.25, 0.3) is 0 Å². The molecule has 1 aromatic carbocycles. The van der Waals surface area contributed by atoms with E-state index >= 15 is 0 Å². The fraction of sp³-hybridized carbons (Fsp3) is 0.348. The summed E-state index contributed by atoms with van der Waals surface area (Å²) in [5, 5.41) is 24.5. The molecule has 2 aliphatic rings. The predicted molar refractivity (Wildman–Crippen MR) is 128 cm³/mol. The van der Waals surface area contributed by atoms with Crippen LogP contribution in [0.5, 0.6) is 0 Å². The number of halogens is 2. The van der Waals surface area contributed by atoms with Crippen LogP contribution in [0.3, 0.4) is 0 Å². The van der Waals surface area contributed by atoms with E-state index in [-0.39, 0.29) is 5.92 Å². The molecule has 0 unspecified atom stereocenters. The average Bonchev–Trinajstić information content (AvgIpc) is 3.42. The molecule has 6 rings (SSSR count). The molecule has 1 saturated carbocycles. The first-order valence-electron chi connectivity index (χ1n) is 10.7. The minimum atomic E-state index is -1.33. The quantitative estimate of drug-likeness (QED) is 0.346. The summed E-state index contributed by atoms with van der Waals surface area (Å²) in [4.78, 5) is 12.8. The fourth-order valence-electron chi connectivity index (χ4n) is 5.34. The molecular weight excluding hydrogens is 510 g/mol. The Morgan fingerprint density at radius 1 is 1.27 bits per heavy atom. The van der Waals surface area contributed by atoms with Gasteiger partial charge >= 0.3 is 0 Å². The number of aliphatic hydroxyl groups is 2. The number of rotatable bonds is 3. The summed E-state index contributed by atoms with van der Waals surface area (Å²) >= 11 is 9.59. The van der Waals surface area contributed by atoms with Gasteiger partial charge in [-0.1, -0.05) is 23.7 Å². The van der Waals surface area contributed by atoms with Crippen LogP contribution in [-0.2, 0) is 11.2 Å². The molecule has 0 amide bonds. The van der Waals surface area contributed by atoms with Gasteiger partial charge in [0.1, 0.15) is 34.7 Å². The molecule has 10 heteroatoms. The molecule has 3 aromatic heterocycles. The lowest BCUT2D eigenvalue weighted by atomic mass is 9.90. The first-order chi connectivity index (χ1) is 15.8. The lowest BCUT2D eigenvalue weighted by Crippen LogP contribution is -2.45. The molecule has 1 aliphatic carbocycles. The Morgan fingerprint density at radius 3 is 2.97 bits per heavy atom. The van der Waals surface area contributed by atoms with E-state index in [4.69, 9.17) is 22.1 Å². The summed E-state index contributed by atoms with van der Waals surface area (Å²) < 4.78 is 8.81. The molecule has 4 heterocycles. The van der Waals surface area contributed by atoms with Gasteiger partial charge in [-0.05, 0) is 64.9 Å². The van der Waals surface area contributed by atoms with Crippen LogP contribution in [0.4, 0.5) is 5.82 Å². The van der Waals surface area contributed by atoms with Crippen molar-refractivity contribution in [3.63, 3.8) is 0 Å². The van der Waals surface area contributed by atoms with Gasteiger partial charge in [-0.25, -0.2) is 15.0 Å². The van der Waals surface area contributed by atoms with Gasteiger partial charge in [0, 0.05) is 11.6 Å². The van der Waals surface area contributed by atoms with Gasteiger partial charge in [-0.3, -0.25) is 0 Å². The van der Waals surface area contributed by atoms with E-state index in [9.17, 15) is 10.2 Å². The van der Waals surface area contributed by atoms with E-state index < -0.39 is 24.0 Å². The summed E-state index contributed by atoms with van der Waals surface area (Å²) in [6.45, 7) is 0. The van der Waals surface area contributed by atoms with Gasteiger partial charge in [-0.2, -0.15) is 0 Å². The number of nitrogens with two attached hydrogens (primary N) is 1. The number of aliphatic hydroxyl groups excluding tert-OH is 1. The Morgan fingerprint density at radius 2 is 2.12 bits per heavy atom. The van der Waals surface area contributed by atoms with Crippen LogP contribution in [0.2, 0.25) is 5.15 Å². The Labute approximate surface area is 202 Å². The number of pyridine rings is 1. The molecule has 170 valence electrons. The molecule has 1 saturated heterocycles. The zero-order chi connectivity index (χ0) is 22.9. The number of anilines is 1. The maximum atomic E-state index is 11.4. The summed E-state index contributed by atoms with van der Waals surface area (Å²) in [6, 6.07) is 9.84. The molecule has 1 aliphatic heterocycles. The van der Waals surface area contributed by atoms with E-state index in [1.54, 1.807) is 16.8 Å². The van der Waals surface area contributed by atoms with E-state index in [1.807, 2.05) is 18.2 Å². The second-order valence-corrected chi connectivity index (χ2v) is 10.1. The first-order valence-corrected chi connectivity index (χ1v) is 11.9. The van der Waals surface area contributed by atoms with Crippen molar-refractivity contribution < 1.29 is 14.9 Å². The monoisotopic (exact) mass is 529 g/mol. The van der Waals surface area contributed by atoms with Gasteiger partial charge in [0.15, 0.2) is 6.23 Å². The van der Waals surface area contributed by atoms with Crippen LogP contribution in [0, 0.1) is 5.92 Å². The molecule has 8 nitrogen and oxygen atoms in total. The SMILES string of the molecule is Nc1nc2cc(C[C@@H]3CC[C@@]4(O)[C@@H]3O[C@@H](n3ccc5c(Cl)ncnc53)[C@@H]4O)ccc2cc1Br.